The van der Waals surface area contributed by atoms with Crippen LogP contribution in [-0.2, 0) is 9.53 Å². The summed E-state index contributed by atoms with van der Waals surface area (Å²) in [5.41, 5.74) is 5.96. The molecule has 142 valence electrons. The average molecular weight is 373 g/mol. The second-order valence-corrected chi connectivity index (χ2v) is 6.56. The van der Waals surface area contributed by atoms with Gasteiger partial charge in [-0.3, -0.25) is 4.79 Å². The SMILES string of the molecule is CC(C)Oc1cccc(C(O)CNC(=O)C2(CN)CCOCC2)c1.Cl. The molecule has 1 atom stereocenters. The van der Waals surface area contributed by atoms with Crippen molar-refractivity contribution in [2.24, 2.45) is 11.1 Å². The maximum Gasteiger partial charge on any atom is 0.227 e. The summed E-state index contributed by atoms with van der Waals surface area (Å²) >= 11 is 0. The van der Waals surface area contributed by atoms with Gasteiger partial charge in [0.1, 0.15) is 5.75 Å². The number of aliphatic hydroxyl groups excluding tert-OH is 1. The maximum absolute atomic E-state index is 12.5. The molecule has 0 aromatic heterocycles. The van der Waals surface area contributed by atoms with E-state index in [2.05, 4.69) is 5.32 Å². The van der Waals surface area contributed by atoms with Gasteiger partial charge in [0.05, 0.1) is 17.6 Å². The first-order chi connectivity index (χ1) is 11.5. The Morgan fingerprint density at radius 2 is 2.08 bits per heavy atom. The number of amides is 1. The summed E-state index contributed by atoms with van der Waals surface area (Å²) in [5.74, 6) is 0.595. The van der Waals surface area contributed by atoms with Gasteiger partial charge in [0, 0.05) is 26.3 Å². The Morgan fingerprint density at radius 1 is 1.40 bits per heavy atom. The molecule has 0 saturated carbocycles. The first kappa shape index (κ1) is 21.7. The van der Waals surface area contributed by atoms with Gasteiger partial charge < -0.3 is 25.6 Å². The molecule has 0 radical (unpaired) electrons. The molecule has 25 heavy (non-hydrogen) atoms. The van der Waals surface area contributed by atoms with Crippen LogP contribution >= 0.6 is 12.4 Å². The fourth-order valence-corrected chi connectivity index (χ4v) is 2.85. The van der Waals surface area contributed by atoms with E-state index in [1.165, 1.54) is 0 Å². The molecule has 1 aliphatic rings. The number of carbonyl (C=O) groups excluding carboxylic acids is 1. The number of hydrogen-bond donors (Lipinski definition) is 3. The highest BCUT2D eigenvalue weighted by Crippen LogP contribution is 2.29. The van der Waals surface area contributed by atoms with E-state index in [1.54, 1.807) is 6.07 Å². The average Bonchev–Trinajstić information content (AvgIpc) is 2.59. The summed E-state index contributed by atoms with van der Waals surface area (Å²) < 4.78 is 10.9. The van der Waals surface area contributed by atoms with E-state index in [-0.39, 0.29) is 37.5 Å². The number of benzene rings is 1. The Balaban J connectivity index is 0.00000312. The Hall–Kier alpha value is -1.34. The Labute approximate surface area is 155 Å². The van der Waals surface area contributed by atoms with E-state index >= 15 is 0 Å². The lowest BCUT2D eigenvalue weighted by atomic mass is 9.79. The van der Waals surface area contributed by atoms with Crippen LogP contribution in [0.1, 0.15) is 38.4 Å². The van der Waals surface area contributed by atoms with Crippen molar-refractivity contribution in [2.45, 2.75) is 38.9 Å². The van der Waals surface area contributed by atoms with Crippen molar-refractivity contribution in [1.82, 2.24) is 5.32 Å². The van der Waals surface area contributed by atoms with Gasteiger partial charge in [0.25, 0.3) is 0 Å². The second-order valence-electron chi connectivity index (χ2n) is 6.56. The van der Waals surface area contributed by atoms with Crippen LogP contribution in [0.4, 0.5) is 0 Å². The van der Waals surface area contributed by atoms with Gasteiger partial charge in [-0.25, -0.2) is 0 Å². The standard InChI is InChI=1S/C18H28N2O4.ClH/c1-13(2)24-15-5-3-4-14(10-15)16(21)11-20-17(22)18(12-19)6-8-23-9-7-18;/h3-5,10,13,16,21H,6-9,11-12,19H2,1-2H3,(H,20,22);1H. The molecule has 1 saturated heterocycles. The van der Waals surface area contributed by atoms with Crippen molar-refractivity contribution >= 4 is 18.3 Å². The molecule has 7 heteroatoms. The molecule has 0 spiro atoms. The van der Waals surface area contributed by atoms with E-state index < -0.39 is 11.5 Å². The lowest BCUT2D eigenvalue weighted by Gasteiger charge is -2.34. The van der Waals surface area contributed by atoms with E-state index in [0.29, 0.717) is 37.4 Å². The van der Waals surface area contributed by atoms with Gasteiger partial charge in [-0.05, 0) is 44.4 Å². The Morgan fingerprint density at radius 3 is 2.68 bits per heavy atom. The van der Waals surface area contributed by atoms with Crippen LogP contribution in [0.25, 0.3) is 0 Å². The third-order valence-corrected chi connectivity index (χ3v) is 4.39. The second kappa shape index (κ2) is 9.97. The summed E-state index contributed by atoms with van der Waals surface area (Å²) in [5, 5.41) is 13.2. The molecule has 1 aliphatic heterocycles. The van der Waals surface area contributed by atoms with Crippen LogP contribution in [0.3, 0.4) is 0 Å². The van der Waals surface area contributed by atoms with Gasteiger partial charge in [0.15, 0.2) is 0 Å². The summed E-state index contributed by atoms with van der Waals surface area (Å²) in [6.07, 6.45) is 0.501. The highest BCUT2D eigenvalue weighted by molar-refractivity contribution is 5.85. The van der Waals surface area contributed by atoms with Crippen LogP contribution in [0, 0.1) is 5.41 Å². The zero-order valence-corrected chi connectivity index (χ0v) is 15.7. The van der Waals surface area contributed by atoms with Gasteiger partial charge in [-0.15, -0.1) is 12.4 Å². The van der Waals surface area contributed by atoms with Crippen molar-refractivity contribution in [3.8, 4) is 5.75 Å². The number of carbonyl (C=O) groups is 1. The molecule has 0 aliphatic carbocycles. The summed E-state index contributed by atoms with van der Waals surface area (Å²) in [6.45, 7) is 5.42. The van der Waals surface area contributed by atoms with Crippen molar-refractivity contribution in [1.29, 1.82) is 0 Å². The fraction of sp³-hybridized carbons (Fsp3) is 0.611. The maximum atomic E-state index is 12.5. The van der Waals surface area contributed by atoms with Crippen LogP contribution in [-0.4, -0.2) is 43.4 Å². The molecule has 1 aromatic rings. The number of hydrogen-bond acceptors (Lipinski definition) is 5. The Kier molecular flexibility index (Phi) is 8.65. The normalized spacial score (nSPS) is 17.5. The van der Waals surface area contributed by atoms with Gasteiger partial charge in [-0.1, -0.05) is 12.1 Å². The minimum Gasteiger partial charge on any atom is -0.491 e. The topological polar surface area (TPSA) is 93.8 Å². The van der Waals surface area contributed by atoms with Crippen LogP contribution in [0.2, 0.25) is 0 Å². The number of halogens is 1. The third-order valence-electron chi connectivity index (χ3n) is 4.39. The molecular formula is C18H29ClN2O4. The highest BCUT2D eigenvalue weighted by Gasteiger charge is 2.38. The molecule has 1 amide bonds. The molecule has 1 unspecified atom stereocenters. The zero-order chi connectivity index (χ0) is 17.6. The van der Waals surface area contributed by atoms with Crippen molar-refractivity contribution in [3.05, 3.63) is 29.8 Å². The van der Waals surface area contributed by atoms with Crippen molar-refractivity contribution < 1.29 is 19.4 Å². The van der Waals surface area contributed by atoms with E-state index in [0.717, 1.165) is 0 Å². The smallest absolute Gasteiger partial charge is 0.227 e. The first-order valence-corrected chi connectivity index (χ1v) is 8.47. The molecule has 0 bridgehead atoms. The first-order valence-electron chi connectivity index (χ1n) is 8.47. The minimum atomic E-state index is -0.792. The zero-order valence-electron chi connectivity index (χ0n) is 14.9. The van der Waals surface area contributed by atoms with Crippen LogP contribution in [0.5, 0.6) is 5.75 Å². The summed E-state index contributed by atoms with van der Waals surface area (Å²) in [7, 11) is 0. The van der Waals surface area contributed by atoms with Gasteiger partial charge in [0.2, 0.25) is 5.91 Å². The van der Waals surface area contributed by atoms with E-state index in [4.69, 9.17) is 15.2 Å². The van der Waals surface area contributed by atoms with E-state index in [9.17, 15) is 9.90 Å². The molecular weight excluding hydrogens is 344 g/mol. The number of nitrogens with one attached hydrogen (secondary N) is 1. The molecule has 4 N–H and O–H groups in total. The van der Waals surface area contributed by atoms with Gasteiger partial charge >= 0.3 is 0 Å². The number of rotatable bonds is 7. The molecule has 6 nitrogen and oxygen atoms in total. The fourth-order valence-electron chi connectivity index (χ4n) is 2.85. The summed E-state index contributed by atoms with van der Waals surface area (Å²) in [4.78, 5) is 12.5. The lowest BCUT2D eigenvalue weighted by molar-refractivity contribution is -0.136. The minimum absolute atomic E-state index is 0. The summed E-state index contributed by atoms with van der Waals surface area (Å²) in [6, 6.07) is 7.29. The Bertz CT molecular complexity index is 548. The predicted molar refractivity (Wildman–Crippen MR) is 99.0 cm³/mol. The molecule has 2 rings (SSSR count). The largest absolute Gasteiger partial charge is 0.491 e. The third kappa shape index (κ3) is 5.85. The lowest BCUT2D eigenvalue weighted by Crippen LogP contribution is -2.49. The number of nitrogens with two attached hydrogens (primary N) is 1. The number of ether oxygens (including phenoxy) is 2. The van der Waals surface area contributed by atoms with Crippen molar-refractivity contribution in [3.63, 3.8) is 0 Å². The molecule has 1 aromatic carbocycles. The molecule has 1 fully saturated rings. The van der Waals surface area contributed by atoms with Crippen molar-refractivity contribution in [2.75, 3.05) is 26.3 Å². The monoisotopic (exact) mass is 372 g/mol. The van der Waals surface area contributed by atoms with Crippen LogP contribution in [0.15, 0.2) is 24.3 Å². The molecule has 1 heterocycles. The predicted octanol–water partition coefficient (Wildman–Crippen LogP) is 1.80. The quantitative estimate of drug-likeness (QED) is 0.678. The number of aliphatic hydroxyl groups is 1. The highest BCUT2D eigenvalue weighted by atomic mass is 35.5. The van der Waals surface area contributed by atoms with Gasteiger partial charge in [-0.2, -0.15) is 0 Å². The van der Waals surface area contributed by atoms with E-state index in [1.807, 2.05) is 32.0 Å². The van der Waals surface area contributed by atoms with Crippen LogP contribution < -0.4 is 15.8 Å².